The normalized spacial score (nSPS) is 28.0. The van der Waals surface area contributed by atoms with E-state index in [1.165, 1.54) is 0 Å². The number of nitrogens with zero attached hydrogens (tertiary/aromatic N) is 2. The fraction of sp³-hybridized carbons (Fsp3) is 0.632. The van der Waals surface area contributed by atoms with Crippen molar-refractivity contribution in [2.45, 2.75) is 45.6 Å². The highest BCUT2D eigenvalue weighted by Gasteiger charge is 2.24. The van der Waals surface area contributed by atoms with Crippen LogP contribution in [0.5, 0.6) is 0 Å². The van der Waals surface area contributed by atoms with Crippen molar-refractivity contribution in [3.05, 3.63) is 29.8 Å². The quantitative estimate of drug-likeness (QED) is 0.913. The minimum Gasteiger partial charge on any atom is -0.375 e. The Balaban J connectivity index is 1.65. The van der Waals surface area contributed by atoms with Gasteiger partial charge in [-0.25, -0.2) is 4.79 Å². The fourth-order valence-electron chi connectivity index (χ4n) is 3.63. The van der Waals surface area contributed by atoms with Gasteiger partial charge in [-0.15, -0.1) is 0 Å². The Hall–Kier alpha value is -1.63. The third kappa shape index (κ3) is 4.93. The van der Waals surface area contributed by atoms with Gasteiger partial charge in [0.2, 0.25) is 0 Å². The van der Waals surface area contributed by atoms with E-state index in [-0.39, 0.29) is 24.3 Å². The Morgan fingerprint density at radius 1 is 1.12 bits per heavy atom. The number of hydrogen-bond acceptors (Lipinski definition) is 4. The number of carbonyl (C=O) groups is 1. The van der Waals surface area contributed by atoms with Gasteiger partial charge in [0, 0.05) is 38.4 Å². The van der Waals surface area contributed by atoms with Crippen molar-refractivity contribution in [1.29, 1.82) is 0 Å². The van der Waals surface area contributed by atoms with Gasteiger partial charge in [0.15, 0.2) is 0 Å². The van der Waals surface area contributed by atoms with E-state index >= 15 is 0 Å². The second-order valence-corrected chi connectivity index (χ2v) is 7.17. The summed E-state index contributed by atoms with van der Waals surface area (Å²) in [5.74, 6) is 0. The summed E-state index contributed by atoms with van der Waals surface area (Å²) in [7, 11) is 0. The number of rotatable bonds is 3. The number of carbonyl (C=O) groups excluding carboxylic acids is 1. The zero-order valence-corrected chi connectivity index (χ0v) is 15.4. The third-order valence-electron chi connectivity index (χ3n) is 4.68. The first-order valence-electron chi connectivity index (χ1n) is 9.14. The Kier molecular flexibility index (Phi) is 5.93. The molecule has 1 aromatic rings. The van der Waals surface area contributed by atoms with E-state index < -0.39 is 0 Å². The molecule has 25 heavy (non-hydrogen) atoms. The van der Waals surface area contributed by atoms with Crippen LogP contribution in [0.15, 0.2) is 24.3 Å². The molecule has 2 fully saturated rings. The smallest absolute Gasteiger partial charge is 0.322 e. The van der Waals surface area contributed by atoms with Crippen molar-refractivity contribution in [2.75, 3.05) is 38.1 Å². The number of benzene rings is 1. The standard InChI is InChI=1S/C19H29N3O3/c1-14-12-22(8-9-24-14)19(23)20-18-7-5-4-6-17(18)13-21-10-15(2)25-16(3)11-21/h4-7,14-16H,8-13H2,1-3H3,(H,20,23)/t14-,15+,16+/m0/s1. The molecule has 2 amide bonds. The molecule has 6 nitrogen and oxygen atoms in total. The summed E-state index contributed by atoms with van der Waals surface area (Å²) in [5.41, 5.74) is 2.02. The predicted molar refractivity (Wildman–Crippen MR) is 97.7 cm³/mol. The largest absolute Gasteiger partial charge is 0.375 e. The van der Waals surface area contributed by atoms with Crippen LogP contribution in [-0.4, -0.2) is 66.9 Å². The fourth-order valence-corrected chi connectivity index (χ4v) is 3.63. The summed E-state index contributed by atoms with van der Waals surface area (Å²) in [6.45, 7) is 10.7. The first kappa shape index (κ1) is 18.2. The molecule has 2 aliphatic heterocycles. The van der Waals surface area contributed by atoms with Crippen LogP contribution in [0.1, 0.15) is 26.3 Å². The molecule has 6 heteroatoms. The number of para-hydroxylation sites is 1. The van der Waals surface area contributed by atoms with E-state index in [0.29, 0.717) is 19.7 Å². The average molecular weight is 347 g/mol. The van der Waals surface area contributed by atoms with Crippen LogP contribution in [-0.2, 0) is 16.0 Å². The number of morpholine rings is 2. The molecular formula is C19H29N3O3. The van der Waals surface area contributed by atoms with Crippen LogP contribution < -0.4 is 5.32 Å². The van der Waals surface area contributed by atoms with Crippen molar-refractivity contribution in [2.24, 2.45) is 0 Å². The van der Waals surface area contributed by atoms with Crippen molar-refractivity contribution in [3.63, 3.8) is 0 Å². The lowest BCUT2D eigenvalue weighted by Gasteiger charge is -2.35. The highest BCUT2D eigenvalue weighted by atomic mass is 16.5. The zero-order valence-electron chi connectivity index (χ0n) is 15.4. The summed E-state index contributed by atoms with van der Waals surface area (Å²) >= 11 is 0. The second-order valence-electron chi connectivity index (χ2n) is 7.17. The topological polar surface area (TPSA) is 54.0 Å². The van der Waals surface area contributed by atoms with Crippen LogP contribution in [0, 0.1) is 0 Å². The Bertz CT molecular complexity index is 585. The van der Waals surface area contributed by atoms with E-state index in [1.54, 1.807) is 0 Å². The molecule has 3 rings (SSSR count). The number of nitrogens with one attached hydrogen (secondary N) is 1. The van der Waals surface area contributed by atoms with Gasteiger partial charge >= 0.3 is 6.03 Å². The van der Waals surface area contributed by atoms with E-state index in [4.69, 9.17) is 9.47 Å². The van der Waals surface area contributed by atoms with Gasteiger partial charge in [0.05, 0.1) is 24.9 Å². The molecule has 0 radical (unpaired) electrons. The van der Waals surface area contributed by atoms with E-state index in [1.807, 2.05) is 30.0 Å². The summed E-state index contributed by atoms with van der Waals surface area (Å²) in [6, 6.07) is 8.00. The molecule has 138 valence electrons. The molecule has 0 unspecified atom stereocenters. The third-order valence-corrected chi connectivity index (χ3v) is 4.68. The highest BCUT2D eigenvalue weighted by Crippen LogP contribution is 2.21. The average Bonchev–Trinajstić information content (AvgIpc) is 2.55. The number of urea groups is 1. The molecular weight excluding hydrogens is 318 g/mol. The molecule has 2 aliphatic rings. The molecule has 1 aromatic carbocycles. The van der Waals surface area contributed by atoms with Gasteiger partial charge in [-0.2, -0.15) is 0 Å². The molecule has 0 spiro atoms. The SMILES string of the molecule is C[C@@H]1CN(Cc2ccccc2NC(=O)N2CCO[C@@H](C)C2)C[C@@H](C)O1. The van der Waals surface area contributed by atoms with Gasteiger partial charge in [-0.1, -0.05) is 18.2 Å². The minimum absolute atomic E-state index is 0.0497. The molecule has 2 heterocycles. The van der Waals surface area contributed by atoms with Gasteiger partial charge in [-0.05, 0) is 32.4 Å². The highest BCUT2D eigenvalue weighted by molar-refractivity contribution is 5.90. The molecule has 0 bridgehead atoms. The summed E-state index contributed by atoms with van der Waals surface area (Å²) in [5, 5.41) is 3.09. The molecule has 0 aromatic heterocycles. The molecule has 0 aliphatic carbocycles. The van der Waals surface area contributed by atoms with Crippen LogP contribution >= 0.6 is 0 Å². The predicted octanol–water partition coefficient (Wildman–Crippen LogP) is 2.55. The molecule has 2 saturated heterocycles. The van der Waals surface area contributed by atoms with Crippen LogP contribution in [0.2, 0.25) is 0 Å². The second kappa shape index (κ2) is 8.17. The van der Waals surface area contributed by atoms with Crippen molar-refractivity contribution in [1.82, 2.24) is 9.80 Å². The monoisotopic (exact) mass is 347 g/mol. The maximum Gasteiger partial charge on any atom is 0.322 e. The molecule has 3 atom stereocenters. The van der Waals surface area contributed by atoms with Gasteiger partial charge in [0.1, 0.15) is 0 Å². The van der Waals surface area contributed by atoms with Gasteiger partial charge in [0.25, 0.3) is 0 Å². The lowest BCUT2D eigenvalue weighted by Crippen LogP contribution is -2.46. The van der Waals surface area contributed by atoms with E-state index in [2.05, 4.69) is 30.1 Å². The number of anilines is 1. The first-order chi connectivity index (χ1) is 12.0. The van der Waals surface area contributed by atoms with E-state index in [9.17, 15) is 4.79 Å². The van der Waals surface area contributed by atoms with Gasteiger partial charge < -0.3 is 19.7 Å². The number of hydrogen-bond donors (Lipinski definition) is 1. The van der Waals surface area contributed by atoms with Crippen molar-refractivity contribution < 1.29 is 14.3 Å². The summed E-state index contributed by atoms with van der Waals surface area (Å²) < 4.78 is 11.3. The summed E-state index contributed by atoms with van der Waals surface area (Å²) in [6.07, 6.45) is 0.562. The molecule has 0 saturated carbocycles. The Morgan fingerprint density at radius 3 is 2.56 bits per heavy atom. The Labute approximate surface area is 150 Å². The maximum atomic E-state index is 12.6. The van der Waals surface area contributed by atoms with E-state index in [0.717, 1.165) is 30.9 Å². The van der Waals surface area contributed by atoms with Crippen molar-refractivity contribution in [3.8, 4) is 0 Å². The maximum absolute atomic E-state index is 12.6. The Morgan fingerprint density at radius 2 is 1.84 bits per heavy atom. The molecule has 1 N–H and O–H groups in total. The van der Waals surface area contributed by atoms with Crippen LogP contribution in [0.25, 0.3) is 0 Å². The zero-order chi connectivity index (χ0) is 17.8. The lowest BCUT2D eigenvalue weighted by molar-refractivity contribution is -0.0704. The number of amides is 2. The van der Waals surface area contributed by atoms with Gasteiger partial charge in [-0.3, -0.25) is 4.90 Å². The van der Waals surface area contributed by atoms with Crippen molar-refractivity contribution >= 4 is 11.7 Å². The summed E-state index contributed by atoms with van der Waals surface area (Å²) in [4.78, 5) is 16.8. The minimum atomic E-state index is -0.0497. The lowest BCUT2D eigenvalue weighted by atomic mass is 10.1. The van der Waals surface area contributed by atoms with Crippen LogP contribution in [0.4, 0.5) is 10.5 Å². The van der Waals surface area contributed by atoms with Crippen LogP contribution in [0.3, 0.4) is 0 Å². The first-order valence-corrected chi connectivity index (χ1v) is 9.14. The number of ether oxygens (including phenoxy) is 2.